The second-order valence-corrected chi connectivity index (χ2v) is 3.26. The number of hydrazone groups is 1. The van der Waals surface area contributed by atoms with Crippen LogP contribution in [-0.4, -0.2) is 16.7 Å². The van der Waals surface area contributed by atoms with Crippen LogP contribution in [0.2, 0.25) is 0 Å². The molecule has 0 fully saturated rings. The van der Waals surface area contributed by atoms with Crippen molar-refractivity contribution in [1.82, 2.24) is 5.43 Å². The maximum atomic E-state index is 13.0. The molecule has 1 aromatic rings. The minimum Gasteiger partial charge on any atom is -0.505 e. The van der Waals surface area contributed by atoms with Gasteiger partial charge in [0.1, 0.15) is 0 Å². The predicted molar refractivity (Wildman–Crippen MR) is 52.0 cm³/mol. The summed E-state index contributed by atoms with van der Waals surface area (Å²) in [6, 6.07) is 4.03. The van der Waals surface area contributed by atoms with Crippen molar-refractivity contribution in [2.75, 3.05) is 0 Å². The van der Waals surface area contributed by atoms with E-state index >= 15 is 0 Å². The molecule has 2 rings (SSSR count). The van der Waals surface area contributed by atoms with Crippen LogP contribution in [0.25, 0.3) is 0 Å². The lowest BCUT2D eigenvalue weighted by atomic mass is 10.0. The van der Waals surface area contributed by atoms with Crippen molar-refractivity contribution < 1.29 is 14.3 Å². The number of hydrogen-bond donors (Lipinski definition) is 2. The van der Waals surface area contributed by atoms with Crippen molar-refractivity contribution in [2.45, 2.75) is 12.8 Å². The number of carbonyl (C=O) groups excluding carboxylic acids is 1. The highest BCUT2D eigenvalue weighted by Gasteiger charge is 2.14. The number of carbonyl (C=O) groups is 1. The van der Waals surface area contributed by atoms with Gasteiger partial charge in [-0.25, -0.2) is 9.82 Å². The maximum absolute atomic E-state index is 13.0. The van der Waals surface area contributed by atoms with E-state index in [4.69, 9.17) is 5.11 Å². The number of phenols is 1. The average Bonchev–Trinajstić information content (AvgIpc) is 2.23. The van der Waals surface area contributed by atoms with E-state index < -0.39 is 5.82 Å². The Morgan fingerprint density at radius 2 is 2.20 bits per heavy atom. The van der Waals surface area contributed by atoms with Crippen molar-refractivity contribution >= 4 is 11.6 Å². The molecule has 1 amide bonds. The van der Waals surface area contributed by atoms with Crippen LogP contribution in [0.1, 0.15) is 18.4 Å². The monoisotopic (exact) mass is 208 g/mol. The summed E-state index contributed by atoms with van der Waals surface area (Å²) in [7, 11) is 0. The molecule has 1 aliphatic rings. The van der Waals surface area contributed by atoms with E-state index in [0.29, 0.717) is 24.1 Å². The maximum Gasteiger partial charge on any atom is 0.240 e. The number of benzene rings is 1. The third-order valence-corrected chi connectivity index (χ3v) is 2.19. The Morgan fingerprint density at radius 3 is 2.80 bits per heavy atom. The number of nitrogens with zero attached hydrogens (tertiary/aromatic N) is 1. The Morgan fingerprint density at radius 1 is 1.40 bits per heavy atom. The Balaban J connectivity index is 2.30. The van der Waals surface area contributed by atoms with Crippen molar-refractivity contribution in [1.29, 1.82) is 0 Å². The van der Waals surface area contributed by atoms with E-state index in [1.54, 1.807) is 6.07 Å². The summed E-state index contributed by atoms with van der Waals surface area (Å²) in [5.41, 5.74) is 3.52. The molecule has 0 aliphatic carbocycles. The van der Waals surface area contributed by atoms with Gasteiger partial charge in [0, 0.05) is 18.4 Å². The lowest BCUT2D eigenvalue weighted by Gasteiger charge is -2.12. The van der Waals surface area contributed by atoms with Gasteiger partial charge in [-0.15, -0.1) is 0 Å². The van der Waals surface area contributed by atoms with Gasteiger partial charge in [-0.05, 0) is 18.2 Å². The number of aromatic hydroxyl groups is 1. The highest BCUT2D eigenvalue weighted by molar-refractivity contribution is 6.04. The summed E-state index contributed by atoms with van der Waals surface area (Å²) in [4.78, 5) is 10.8. The van der Waals surface area contributed by atoms with Crippen LogP contribution in [0.3, 0.4) is 0 Å². The molecule has 1 heterocycles. The number of rotatable bonds is 1. The number of halogens is 1. The van der Waals surface area contributed by atoms with Crippen LogP contribution in [0.4, 0.5) is 4.39 Å². The molecule has 0 bridgehead atoms. The highest BCUT2D eigenvalue weighted by Crippen LogP contribution is 2.18. The first kappa shape index (κ1) is 9.64. The molecule has 5 heteroatoms. The smallest absolute Gasteiger partial charge is 0.240 e. The van der Waals surface area contributed by atoms with Gasteiger partial charge in [-0.1, -0.05) is 0 Å². The first-order chi connectivity index (χ1) is 7.16. The van der Waals surface area contributed by atoms with Crippen LogP contribution in [0.15, 0.2) is 23.3 Å². The summed E-state index contributed by atoms with van der Waals surface area (Å²) in [6.07, 6.45) is 0.831. The van der Waals surface area contributed by atoms with Gasteiger partial charge in [0.05, 0.1) is 5.71 Å². The molecule has 0 atom stereocenters. The standard InChI is InChI=1S/C10H9FN2O2/c11-7-5-6(1-3-9(7)14)8-2-4-10(15)13-12-8/h1,3,5,14H,2,4H2,(H,13,15). The molecular weight excluding hydrogens is 199 g/mol. The predicted octanol–water partition coefficient (Wildman–Crippen LogP) is 1.15. The molecule has 1 aromatic carbocycles. The third kappa shape index (κ3) is 1.96. The number of nitrogens with one attached hydrogen (secondary N) is 1. The van der Waals surface area contributed by atoms with Gasteiger partial charge >= 0.3 is 0 Å². The first-order valence-electron chi connectivity index (χ1n) is 4.51. The van der Waals surface area contributed by atoms with Crippen LogP contribution in [0, 0.1) is 5.82 Å². The van der Waals surface area contributed by atoms with Gasteiger partial charge in [0.25, 0.3) is 0 Å². The van der Waals surface area contributed by atoms with Crippen LogP contribution in [-0.2, 0) is 4.79 Å². The minimum atomic E-state index is -0.688. The SMILES string of the molecule is O=C1CCC(c2ccc(O)c(F)c2)=NN1. The fourth-order valence-electron chi connectivity index (χ4n) is 1.37. The van der Waals surface area contributed by atoms with Gasteiger partial charge in [-0.2, -0.15) is 5.10 Å². The summed E-state index contributed by atoms with van der Waals surface area (Å²) in [5.74, 6) is -1.22. The molecule has 0 saturated heterocycles. The molecule has 0 aromatic heterocycles. The van der Waals surface area contributed by atoms with Crippen molar-refractivity contribution in [3.05, 3.63) is 29.6 Å². The zero-order valence-corrected chi connectivity index (χ0v) is 7.83. The highest BCUT2D eigenvalue weighted by atomic mass is 19.1. The van der Waals surface area contributed by atoms with E-state index in [-0.39, 0.29) is 11.7 Å². The molecule has 1 aliphatic heterocycles. The summed E-state index contributed by atoms with van der Waals surface area (Å²) in [5, 5.41) is 12.8. The molecule has 15 heavy (non-hydrogen) atoms. The molecule has 0 unspecified atom stereocenters. The molecule has 0 radical (unpaired) electrons. The van der Waals surface area contributed by atoms with E-state index in [9.17, 15) is 9.18 Å². The minimum absolute atomic E-state index is 0.141. The Hall–Kier alpha value is -1.91. The fraction of sp³-hybridized carbons (Fsp3) is 0.200. The van der Waals surface area contributed by atoms with Gasteiger partial charge in [-0.3, -0.25) is 4.79 Å². The molecule has 2 N–H and O–H groups in total. The second kappa shape index (κ2) is 3.68. The van der Waals surface area contributed by atoms with Crippen LogP contribution < -0.4 is 5.43 Å². The molecule has 78 valence electrons. The number of amides is 1. The Labute approximate surface area is 85.4 Å². The van der Waals surface area contributed by atoms with E-state index in [1.807, 2.05) is 0 Å². The molecule has 4 nitrogen and oxygen atoms in total. The average molecular weight is 208 g/mol. The molecule has 0 spiro atoms. The topological polar surface area (TPSA) is 61.7 Å². The quantitative estimate of drug-likeness (QED) is 0.727. The molecule has 0 saturated carbocycles. The lowest BCUT2D eigenvalue weighted by Crippen LogP contribution is -2.25. The zero-order chi connectivity index (χ0) is 10.8. The first-order valence-corrected chi connectivity index (χ1v) is 4.51. The summed E-state index contributed by atoms with van der Waals surface area (Å²) < 4.78 is 13.0. The van der Waals surface area contributed by atoms with Gasteiger partial charge < -0.3 is 5.11 Å². The lowest BCUT2D eigenvalue weighted by molar-refractivity contribution is -0.121. The summed E-state index contributed by atoms with van der Waals surface area (Å²) >= 11 is 0. The van der Waals surface area contributed by atoms with Gasteiger partial charge in [0.2, 0.25) is 5.91 Å². The van der Waals surface area contributed by atoms with Gasteiger partial charge in [0.15, 0.2) is 11.6 Å². The van der Waals surface area contributed by atoms with Crippen molar-refractivity contribution in [3.63, 3.8) is 0 Å². The Kier molecular flexibility index (Phi) is 2.37. The zero-order valence-electron chi connectivity index (χ0n) is 7.83. The van der Waals surface area contributed by atoms with Crippen molar-refractivity contribution in [3.8, 4) is 5.75 Å². The Bertz CT molecular complexity index is 443. The third-order valence-electron chi connectivity index (χ3n) is 2.19. The number of phenolic OH excluding ortho intramolecular Hbond substituents is 1. The molecular formula is C10H9FN2O2. The largest absolute Gasteiger partial charge is 0.505 e. The van der Waals surface area contributed by atoms with Crippen molar-refractivity contribution in [2.24, 2.45) is 5.10 Å². The van der Waals surface area contributed by atoms with E-state index in [0.717, 1.165) is 0 Å². The van der Waals surface area contributed by atoms with Crippen LogP contribution >= 0.6 is 0 Å². The normalized spacial score (nSPS) is 15.8. The fourth-order valence-corrected chi connectivity index (χ4v) is 1.37. The van der Waals surface area contributed by atoms with E-state index in [1.165, 1.54) is 12.1 Å². The van der Waals surface area contributed by atoms with Crippen LogP contribution in [0.5, 0.6) is 5.75 Å². The second-order valence-electron chi connectivity index (χ2n) is 3.26. The summed E-state index contributed by atoms with van der Waals surface area (Å²) in [6.45, 7) is 0. The van der Waals surface area contributed by atoms with E-state index in [2.05, 4.69) is 10.5 Å². The number of hydrogen-bond acceptors (Lipinski definition) is 3.